The summed E-state index contributed by atoms with van der Waals surface area (Å²) >= 11 is 0. The van der Waals surface area contributed by atoms with Gasteiger partial charge in [0.1, 0.15) is 0 Å². The van der Waals surface area contributed by atoms with Gasteiger partial charge in [0.25, 0.3) is 0 Å². The van der Waals surface area contributed by atoms with E-state index in [0.29, 0.717) is 6.04 Å². The maximum atomic E-state index is 2.74. The number of piperazine rings is 1. The van der Waals surface area contributed by atoms with E-state index >= 15 is 0 Å². The molecule has 2 fully saturated rings. The summed E-state index contributed by atoms with van der Waals surface area (Å²) < 4.78 is 0. The van der Waals surface area contributed by atoms with Crippen molar-refractivity contribution < 1.29 is 0 Å². The van der Waals surface area contributed by atoms with Crippen molar-refractivity contribution in [1.29, 1.82) is 0 Å². The van der Waals surface area contributed by atoms with Crippen LogP contribution in [-0.4, -0.2) is 72.6 Å². The van der Waals surface area contributed by atoms with Crippen LogP contribution in [0.4, 0.5) is 0 Å². The van der Waals surface area contributed by atoms with E-state index in [4.69, 9.17) is 0 Å². The van der Waals surface area contributed by atoms with E-state index in [-0.39, 0.29) is 0 Å². The first kappa shape index (κ1) is 15.3. The molecule has 0 aliphatic carbocycles. The molecule has 0 spiro atoms. The third kappa shape index (κ3) is 4.44. The van der Waals surface area contributed by atoms with Crippen molar-refractivity contribution in [2.75, 3.05) is 45.8 Å². The van der Waals surface area contributed by atoms with E-state index in [1.807, 2.05) is 0 Å². The summed E-state index contributed by atoms with van der Waals surface area (Å²) in [7, 11) is 0. The Morgan fingerprint density at radius 3 is 2.21 bits per heavy atom. The second-order valence-electron chi connectivity index (χ2n) is 7.09. The van der Waals surface area contributed by atoms with Crippen molar-refractivity contribution in [1.82, 2.24) is 14.7 Å². The molecule has 0 bridgehead atoms. The SMILES string of the molecule is CC(C)CCN1CCC(N2CCN(C(C)C)CC2)C1. The van der Waals surface area contributed by atoms with E-state index in [1.165, 1.54) is 58.7 Å². The number of hydrogen-bond acceptors (Lipinski definition) is 3. The number of nitrogens with zero attached hydrogens (tertiary/aromatic N) is 3. The van der Waals surface area contributed by atoms with Gasteiger partial charge in [0.15, 0.2) is 0 Å². The van der Waals surface area contributed by atoms with Crippen LogP contribution in [0.3, 0.4) is 0 Å². The summed E-state index contributed by atoms with van der Waals surface area (Å²) in [6.07, 6.45) is 2.74. The van der Waals surface area contributed by atoms with Crippen LogP contribution in [-0.2, 0) is 0 Å². The Hall–Kier alpha value is -0.120. The summed E-state index contributed by atoms with van der Waals surface area (Å²) in [5, 5.41) is 0. The first-order chi connectivity index (χ1) is 9.06. The molecule has 0 saturated carbocycles. The average molecular weight is 267 g/mol. The van der Waals surface area contributed by atoms with Crippen LogP contribution in [0.1, 0.15) is 40.5 Å². The summed E-state index contributed by atoms with van der Waals surface area (Å²) in [4.78, 5) is 8.04. The number of hydrogen-bond donors (Lipinski definition) is 0. The molecule has 0 radical (unpaired) electrons. The van der Waals surface area contributed by atoms with Crippen LogP contribution in [0, 0.1) is 5.92 Å². The maximum absolute atomic E-state index is 2.74. The molecule has 112 valence electrons. The lowest BCUT2D eigenvalue weighted by atomic mass is 10.1. The predicted octanol–water partition coefficient (Wildman–Crippen LogP) is 2.13. The maximum Gasteiger partial charge on any atom is 0.0236 e. The van der Waals surface area contributed by atoms with Crippen molar-refractivity contribution in [2.24, 2.45) is 5.92 Å². The van der Waals surface area contributed by atoms with Crippen molar-refractivity contribution >= 4 is 0 Å². The average Bonchev–Trinajstić information content (AvgIpc) is 2.85. The lowest BCUT2D eigenvalue weighted by Crippen LogP contribution is -2.52. The van der Waals surface area contributed by atoms with E-state index in [9.17, 15) is 0 Å². The molecule has 0 amide bonds. The van der Waals surface area contributed by atoms with E-state index in [1.54, 1.807) is 0 Å². The number of likely N-dealkylation sites (tertiary alicyclic amines) is 1. The van der Waals surface area contributed by atoms with Crippen LogP contribution in [0.15, 0.2) is 0 Å². The molecule has 2 aliphatic rings. The Balaban J connectivity index is 1.70. The van der Waals surface area contributed by atoms with Gasteiger partial charge in [-0.25, -0.2) is 0 Å². The van der Waals surface area contributed by atoms with E-state index < -0.39 is 0 Å². The molecule has 3 nitrogen and oxygen atoms in total. The van der Waals surface area contributed by atoms with Gasteiger partial charge in [0.2, 0.25) is 0 Å². The van der Waals surface area contributed by atoms with E-state index in [0.717, 1.165) is 12.0 Å². The summed E-state index contributed by atoms with van der Waals surface area (Å²) in [5.41, 5.74) is 0. The van der Waals surface area contributed by atoms with Gasteiger partial charge < -0.3 is 4.90 Å². The smallest absolute Gasteiger partial charge is 0.0236 e. The Bertz CT molecular complexity index is 257. The molecule has 0 N–H and O–H groups in total. The van der Waals surface area contributed by atoms with Gasteiger partial charge in [-0.1, -0.05) is 13.8 Å². The molecule has 2 heterocycles. The molecule has 3 heteroatoms. The molecule has 1 unspecified atom stereocenters. The summed E-state index contributed by atoms with van der Waals surface area (Å²) in [6.45, 7) is 18.3. The highest BCUT2D eigenvalue weighted by atomic mass is 15.3. The molecule has 19 heavy (non-hydrogen) atoms. The first-order valence-corrected chi connectivity index (χ1v) is 8.26. The zero-order valence-corrected chi connectivity index (χ0v) is 13.4. The van der Waals surface area contributed by atoms with Crippen molar-refractivity contribution in [3.8, 4) is 0 Å². The van der Waals surface area contributed by atoms with Crippen molar-refractivity contribution in [2.45, 2.75) is 52.6 Å². The fourth-order valence-electron chi connectivity index (χ4n) is 3.37. The van der Waals surface area contributed by atoms with Gasteiger partial charge in [0.05, 0.1) is 0 Å². The zero-order chi connectivity index (χ0) is 13.8. The second-order valence-corrected chi connectivity index (χ2v) is 7.09. The molecular weight excluding hydrogens is 234 g/mol. The second kappa shape index (κ2) is 7.05. The molecular formula is C16H33N3. The van der Waals surface area contributed by atoms with Crippen LogP contribution in [0.25, 0.3) is 0 Å². The quantitative estimate of drug-likeness (QED) is 0.755. The highest BCUT2D eigenvalue weighted by Crippen LogP contribution is 2.19. The molecule has 0 aromatic carbocycles. The van der Waals surface area contributed by atoms with Crippen molar-refractivity contribution in [3.63, 3.8) is 0 Å². The Kier molecular flexibility index (Phi) is 5.67. The largest absolute Gasteiger partial charge is 0.302 e. The van der Waals surface area contributed by atoms with Gasteiger partial charge >= 0.3 is 0 Å². The molecule has 2 saturated heterocycles. The molecule has 2 aliphatic heterocycles. The predicted molar refractivity (Wildman–Crippen MR) is 82.6 cm³/mol. The fraction of sp³-hybridized carbons (Fsp3) is 1.00. The lowest BCUT2D eigenvalue weighted by Gasteiger charge is -2.39. The fourth-order valence-corrected chi connectivity index (χ4v) is 3.37. The van der Waals surface area contributed by atoms with Gasteiger partial charge in [0, 0.05) is 44.8 Å². The highest BCUT2D eigenvalue weighted by Gasteiger charge is 2.30. The minimum atomic E-state index is 0.716. The molecule has 0 aromatic heterocycles. The van der Waals surface area contributed by atoms with Gasteiger partial charge in [-0.2, -0.15) is 0 Å². The first-order valence-electron chi connectivity index (χ1n) is 8.26. The topological polar surface area (TPSA) is 9.72 Å². The molecule has 0 aromatic rings. The zero-order valence-electron chi connectivity index (χ0n) is 13.4. The minimum Gasteiger partial charge on any atom is -0.302 e. The van der Waals surface area contributed by atoms with Crippen LogP contribution >= 0.6 is 0 Å². The Morgan fingerprint density at radius 2 is 1.63 bits per heavy atom. The van der Waals surface area contributed by atoms with Gasteiger partial charge in [-0.15, -0.1) is 0 Å². The van der Waals surface area contributed by atoms with Gasteiger partial charge in [-0.3, -0.25) is 9.80 Å². The Labute approximate surface area is 119 Å². The Morgan fingerprint density at radius 1 is 0.947 bits per heavy atom. The minimum absolute atomic E-state index is 0.716. The lowest BCUT2D eigenvalue weighted by molar-refractivity contribution is 0.0798. The van der Waals surface area contributed by atoms with Crippen LogP contribution in [0.5, 0.6) is 0 Å². The van der Waals surface area contributed by atoms with Crippen LogP contribution in [0.2, 0.25) is 0 Å². The van der Waals surface area contributed by atoms with Gasteiger partial charge in [-0.05, 0) is 45.7 Å². The normalized spacial score (nSPS) is 27.8. The third-order valence-corrected chi connectivity index (χ3v) is 4.87. The van der Waals surface area contributed by atoms with Crippen LogP contribution < -0.4 is 0 Å². The van der Waals surface area contributed by atoms with Crippen molar-refractivity contribution in [3.05, 3.63) is 0 Å². The molecule has 1 atom stereocenters. The monoisotopic (exact) mass is 267 g/mol. The van der Waals surface area contributed by atoms with E-state index in [2.05, 4.69) is 42.4 Å². The third-order valence-electron chi connectivity index (χ3n) is 4.87. The highest BCUT2D eigenvalue weighted by molar-refractivity contribution is 4.86. The summed E-state index contributed by atoms with van der Waals surface area (Å²) in [6, 6.07) is 1.55. The standard InChI is InChI=1S/C16H33N3/c1-14(2)5-7-17-8-6-16(13-17)19-11-9-18(10-12-19)15(3)4/h14-16H,5-13H2,1-4H3. The number of rotatable bonds is 5. The summed E-state index contributed by atoms with van der Waals surface area (Å²) in [5.74, 6) is 0.841. The molecule has 2 rings (SSSR count).